The van der Waals surface area contributed by atoms with Gasteiger partial charge in [0.15, 0.2) is 5.82 Å². The van der Waals surface area contributed by atoms with Gasteiger partial charge in [-0.2, -0.15) is 0 Å². The second kappa shape index (κ2) is 4.44. The summed E-state index contributed by atoms with van der Waals surface area (Å²) in [5.41, 5.74) is 2.26. The third-order valence-electron chi connectivity index (χ3n) is 3.59. The normalized spacial score (nSPS) is 16.6. The van der Waals surface area contributed by atoms with Crippen LogP contribution in [0, 0.1) is 5.92 Å². The Balaban J connectivity index is 1.92. The monoisotopic (exact) mass is 242 g/mol. The molecule has 2 aromatic rings. The number of nitrogens with one attached hydrogen (secondary N) is 1. The van der Waals surface area contributed by atoms with Gasteiger partial charge in [-0.15, -0.1) is 10.2 Å². The van der Waals surface area contributed by atoms with Gasteiger partial charge in [0, 0.05) is 24.3 Å². The molecule has 1 saturated carbocycles. The second-order valence-electron chi connectivity index (χ2n) is 5.08. The summed E-state index contributed by atoms with van der Waals surface area (Å²) >= 11 is 0. The van der Waals surface area contributed by atoms with E-state index in [1.165, 1.54) is 12.8 Å². The van der Waals surface area contributed by atoms with Crippen molar-refractivity contribution >= 4 is 5.69 Å². The van der Waals surface area contributed by atoms with Crippen LogP contribution >= 0.6 is 0 Å². The van der Waals surface area contributed by atoms with Gasteiger partial charge in [0.25, 0.3) is 0 Å². The molecule has 4 nitrogen and oxygen atoms in total. The summed E-state index contributed by atoms with van der Waals surface area (Å²) < 4.78 is 1.95. The molecule has 1 aliphatic carbocycles. The molecule has 0 aliphatic heterocycles. The molecule has 1 unspecified atom stereocenters. The molecule has 1 N–H and O–H groups in total. The Labute approximate surface area is 107 Å². The predicted octanol–water partition coefficient (Wildman–Crippen LogP) is 2.69. The topological polar surface area (TPSA) is 42.7 Å². The van der Waals surface area contributed by atoms with Crippen LogP contribution in [0.5, 0.6) is 0 Å². The zero-order valence-corrected chi connectivity index (χ0v) is 10.8. The fraction of sp³-hybridized carbons (Fsp3) is 0.429. The van der Waals surface area contributed by atoms with E-state index in [4.69, 9.17) is 0 Å². The minimum atomic E-state index is 0.527. The van der Waals surface area contributed by atoms with Crippen LogP contribution in [0.4, 0.5) is 5.69 Å². The molecule has 0 bridgehead atoms. The molecule has 4 heteroatoms. The summed E-state index contributed by atoms with van der Waals surface area (Å²) in [6.45, 7) is 2.26. The standard InChI is InChI=1S/C14H18N4/c1-10(11-7-8-11)16-13-6-4-3-5-12(13)14-17-15-9-18(14)2/h3-6,9-11,16H,7-8H2,1-2H3. The van der Waals surface area contributed by atoms with E-state index in [1.54, 1.807) is 6.33 Å². The molecule has 0 amide bonds. The lowest BCUT2D eigenvalue weighted by Crippen LogP contribution is -2.17. The first-order chi connectivity index (χ1) is 8.75. The fourth-order valence-electron chi connectivity index (χ4n) is 2.29. The molecule has 0 radical (unpaired) electrons. The summed E-state index contributed by atoms with van der Waals surface area (Å²) in [5, 5.41) is 11.7. The highest BCUT2D eigenvalue weighted by Gasteiger charge is 2.28. The zero-order valence-electron chi connectivity index (χ0n) is 10.8. The maximum atomic E-state index is 4.19. The van der Waals surface area contributed by atoms with Crippen molar-refractivity contribution in [3.63, 3.8) is 0 Å². The maximum absolute atomic E-state index is 4.19. The van der Waals surface area contributed by atoms with E-state index in [1.807, 2.05) is 17.7 Å². The SMILES string of the molecule is CC(Nc1ccccc1-c1nncn1C)C1CC1. The third-order valence-corrected chi connectivity index (χ3v) is 3.59. The number of aryl methyl sites for hydroxylation is 1. The minimum Gasteiger partial charge on any atom is -0.382 e. The van der Waals surface area contributed by atoms with Crippen molar-refractivity contribution in [2.75, 3.05) is 5.32 Å². The van der Waals surface area contributed by atoms with Gasteiger partial charge in [0.05, 0.1) is 0 Å². The Bertz CT molecular complexity index is 542. The van der Waals surface area contributed by atoms with Gasteiger partial charge in [0.1, 0.15) is 6.33 Å². The van der Waals surface area contributed by atoms with Crippen LogP contribution in [0.3, 0.4) is 0 Å². The van der Waals surface area contributed by atoms with E-state index in [9.17, 15) is 0 Å². The quantitative estimate of drug-likeness (QED) is 0.896. The Kier molecular flexibility index (Phi) is 2.78. The van der Waals surface area contributed by atoms with Gasteiger partial charge >= 0.3 is 0 Å². The van der Waals surface area contributed by atoms with Crippen molar-refractivity contribution in [1.82, 2.24) is 14.8 Å². The van der Waals surface area contributed by atoms with Crippen molar-refractivity contribution in [2.24, 2.45) is 13.0 Å². The largest absolute Gasteiger partial charge is 0.382 e. The van der Waals surface area contributed by atoms with Gasteiger partial charge in [-0.25, -0.2) is 0 Å². The predicted molar refractivity (Wildman–Crippen MR) is 72.2 cm³/mol. The number of benzene rings is 1. The number of anilines is 1. The van der Waals surface area contributed by atoms with Crippen LogP contribution in [0.2, 0.25) is 0 Å². The van der Waals surface area contributed by atoms with E-state index in [0.29, 0.717) is 6.04 Å². The Morgan fingerprint density at radius 1 is 1.33 bits per heavy atom. The first-order valence-corrected chi connectivity index (χ1v) is 6.45. The van der Waals surface area contributed by atoms with E-state index in [2.05, 4.69) is 40.6 Å². The van der Waals surface area contributed by atoms with Crippen molar-refractivity contribution in [1.29, 1.82) is 0 Å². The molecule has 1 aromatic heterocycles. The summed E-state index contributed by atoms with van der Waals surface area (Å²) in [4.78, 5) is 0. The lowest BCUT2D eigenvalue weighted by atomic mass is 10.1. The van der Waals surface area contributed by atoms with E-state index < -0.39 is 0 Å². The molecule has 1 atom stereocenters. The molecular weight excluding hydrogens is 224 g/mol. The average molecular weight is 242 g/mol. The molecule has 1 aromatic carbocycles. The van der Waals surface area contributed by atoms with Crippen LogP contribution in [0.15, 0.2) is 30.6 Å². The first kappa shape index (κ1) is 11.3. The van der Waals surface area contributed by atoms with Gasteiger partial charge in [-0.3, -0.25) is 0 Å². The number of rotatable bonds is 4. The zero-order chi connectivity index (χ0) is 12.5. The Morgan fingerprint density at radius 2 is 2.11 bits per heavy atom. The van der Waals surface area contributed by atoms with Crippen molar-refractivity contribution in [2.45, 2.75) is 25.8 Å². The minimum absolute atomic E-state index is 0.527. The highest BCUT2D eigenvalue weighted by molar-refractivity contribution is 5.73. The van der Waals surface area contributed by atoms with Gasteiger partial charge in [0.2, 0.25) is 0 Å². The maximum Gasteiger partial charge on any atom is 0.165 e. The molecule has 94 valence electrons. The van der Waals surface area contributed by atoms with Crippen LogP contribution in [-0.4, -0.2) is 20.8 Å². The number of nitrogens with zero attached hydrogens (tertiary/aromatic N) is 3. The summed E-state index contributed by atoms with van der Waals surface area (Å²) in [5.74, 6) is 1.73. The Morgan fingerprint density at radius 3 is 2.78 bits per heavy atom. The highest BCUT2D eigenvalue weighted by atomic mass is 15.2. The molecular formula is C14H18N4. The van der Waals surface area contributed by atoms with Crippen molar-refractivity contribution < 1.29 is 0 Å². The average Bonchev–Trinajstić information content (AvgIpc) is 3.14. The second-order valence-corrected chi connectivity index (χ2v) is 5.08. The molecule has 3 rings (SSSR count). The number of aromatic nitrogens is 3. The van der Waals surface area contributed by atoms with Crippen LogP contribution in [0.1, 0.15) is 19.8 Å². The molecule has 0 saturated heterocycles. The fourth-order valence-corrected chi connectivity index (χ4v) is 2.29. The van der Waals surface area contributed by atoms with E-state index in [-0.39, 0.29) is 0 Å². The van der Waals surface area contributed by atoms with E-state index >= 15 is 0 Å². The molecule has 1 heterocycles. The van der Waals surface area contributed by atoms with E-state index in [0.717, 1.165) is 23.0 Å². The lowest BCUT2D eigenvalue weighted by Gasteiger charge is -2.17. The van der Waals surface area contributed by atoms with Crippen molar-refractivity contribution in [3.05, 3.63) is 30.6 Å². The van der Waals surface area contributed by atoms with Gasteiger partial charge in [-0.05, 0) is 37.8 Å². The summed E-state index contributed by atoms with van der Waals surface area (Å²) in [6, 6.07) is 8.83. The highest BCUT2D eigenvalue weighted by Crippen LogP contribution is 2.35. The summed E-state index contributed by atoms with van der Waals surface area (Å²) in [6.07, 6.45) is 4.43. The van der Waals surface area contributed by atoms with Gasteiger partial charge in [-0.1, -0.05) is 12.1 Å². The van der Waals surface area contributed by atoms with Crippen LogP contribution in [-0.2, 0) is 7.05 Å². The molecule has 0 spiro atoms. The van der Waals surface area contributed by atoms with Crippen LogP contribution in [0.25, 0.3) is 11.4 Å². The number of hydrogen-bond donors (Lipinski definition) is 1. The number of para-hydroxylation sites is 1. The number of hydrogen-bond acceptors (Lipinski definition) is 3. The molecule has 1 aliphatic rings. The molecule has 18 heavy (non-hydrogen) atoms. The summed E-state index contributed by atoms with van der Waals surface area (Å²) in [7, 11) is 1.97. The first-order valence-electron chi connectivity index (χ1n) is 6.45. The smallest absolute Gasteiger partial charge is 0.165 e. The third kappa shape index (κ3) is 2.10. The van der Waals surface area contributed by atoms with Gasteiger partial charge < -0.3 is 9.88 Å². The lowest BCUT2D eigenvalue weighted by molar-refractivity contribution is 0.694. The molecule has 1 fully saturated rings. The Hall–Kier alpha value is -1.84. The van der Waals surface area contributed by atoms with Crippen LogP contribution < -0.4 is 5.32 Å². The van der Waals surface area contributed by atoms with Crippen molar-refractivity contribution in [3.8, 4) is 11.4 Å².